The first kappa shape index (κ1) is 15.2. The van der Waals surface area contributed by atoms with Crippen LogP contribution in [0.2, 0.25) is 5.02 Å². The summed E-state index contributed by atoms with van der Waals surface area (Å²) in [6.07, 6.45) is -3.65. The lowest BCUT2D eigenvalue weighted by molar-refractivity contribution is -0.137. The zero-order valence-electron chi connectivity index (χ0n) is 11.0. The van der Waals surface area contributed by atoms with Crippen LogP contribution in [0.3, 0.4) is 0 Å². The maximum absolute atomic E-state index is 12.5. The molecule has 0 atom stereocenters. The van der Waals surface area contributed by atoms with E-state index >= 15 is 0 Å². The van der Waals surface area contributed by atoms with Crippen molar-refractivity contribution in [2.24, 2.45) is 0 Å². The second kappa shape index (κ2) is 5.81. The minimum absolute atomic E-state index is 0.00145. The van der Waals surface area contributed by atoms with Gasteiger partial charge < -0.3 is 4.98 Å². The fourth-order valence-corrected chi connectivity index (χ4v) is 3.02. The SMILES string of the molecule is FC(F)(F)c1cnc(CSc2nc3ccccc3[nH]2)c(Cl)c1. The van der Waals surface area contributed by atoms with Crippen LogP contribution in [0.5, 0.6) is 0 Å². The van der Waals surface area contributed by atoms with Gasteiger partial charge in [-0.15, -0.1) is 0 Å². The summed E-state index contributed by atoms with van der Waals surface area (Å²) in [6.45, 7) is 0. The highest BCUT2D eigenvalue weighted by Gasteiger charge is 2.31. The van der Waals surface area contributed by atoms with Crippen molar-refractivity contribution in [3.05, 3.63) is 52.8 Å². The number of alkyl halides is 3. The van der Waals surface area contributed by atoms with Crippen molar-refractivity contribution in [3.8, 4) is 0 Å². The highest BCUT2D eigenvalue weighted by atomic mass is 35.5. The van der Waals surface area contributed by atoms with Gasteiger partial charge in [0.25, 0.3) is 0 Å². The summed E-state index contributed by atoms with van der Waals surface area (Å²) in [6, 6.07) is 8.44. The van der Waals surface area contributed by atoms with Crippen LogP contribution in [0.4, 0.5) is 13.2 Å². The van der Waals surface area contributed by atoms with Gasteiger partial charge in [-0.3, -0.25) is 4.98 Å². The molecule has 8 heteroatoms. The van der Waals surface area contributed by atoms with Gasteiger partial charge >= 0.3 is 6.18 Å². The quantitative estimate of drug-likeness (QED) is 0.686. The first-order valence-electron chi connectivity index (χ1n) is 6.22. The predicted octanol–water partition coefficient (Wildman–Crippen LogP) is 4.92. The van der Waals surface area contributed by atoms with Crippen molar-refractivity contribution < 1.29 is 13.2 Å². The van der Waals surface area contributed by atoms with Crippen molar-refractivity contribution in [2.75, 3.05) is 0 Å². The summed E-state index contributed by atoms with van der Waals surface area (Å²) in [4.78, 5) is 11.3. The number of nitrogens with zero attached hydrogens (tertiary/aromatic N) is 2. The van der Waals surface area contributed by atoms with Crippen LogP contribution >= 0.6 is 23.4 Å². The molecule has 0 amide bonds. The van der Waals surface area contributed by atoms with Crippen molar-refractivity contribution in [1.29, 1.82) is 0 Å². The van der Waals surface area contributed by atoms with Crippen LogP contribution in [0.25, 0.3) is 11.0 Å². The Labute approximate surface area is 132 Å². The third-order valence-electron chi connectivity index (χ3n) is 2.96. The van der Waals surface area contributed by atoms with Crippen molar-refractivity contribution in [2.45, 2.75) is 17.1 Å². The Morgan fingerprint density at radius 1 is 1.23 bits per heavy atom. The fourth-order valence-electron chi connectivity index (χ4n) is 1.86. The third-order valence-corrected chi connectivity index (χ3v) is 4.17. The van der Waals surface area contributed by atoms with E-state index < -0.39 is 11.7 Å². The Kier molecular flexibility index (Phi) is 4.01. The summed E-state index contributed by atoms with van der Waals surface area (Å²) in [5, 5.41) is 0.664. The topological polar surface area (TPSA) is 41.6 Å². The molecule has 114 valence electrons. The summed E-state index contributed by atoms with van der Waals surface area (Å²) >= 11 is 7.21. The van der Waals surface area contributed by atoms with E-state index in [0.29, 0.717) is 16.6 Å². The van der Waals surface area contributed by atoms with Crippen molar-refractivity contribution >= 4 is 34.4 Å². The molecule has 0 aliphatic heterocycles. The van der Waals surface area contributed by atoms with Crippen LogP contribution < -0.4 is 0 Å². The second-order valence-electron chi connectivity index (χ2n) is 4.50. The lowest BCUT2D eigenvalue weighted by Gasteiger charge is -2.08. The molecule has 0 aliphatic rings. The number of aromatic nitrogens is 3. The minimum atomic E-state index is -4.44. The summed E-state index contributed by atoms with van der Waals surface area (Å²) in [5.74, 6) is 0.330. The van der Waals surface area contributed by atoms with E-state index in [2.05, 4.69) is 15.0 Å². The molecule has 3 nitrogen and oxygen atoms in total. The van der Waals surface area contributed by atoms with Gasteiger partial charge in [-0.05, 0) is 18.2 Å². The van der Waals surface area contributed by atoms with Gasteiger partial charge in [-0.1, -0.05) is 35.5 Å². The highest BCUT2D eigenvalue weighted by Crippen LogP contribution is 2.32. The fraction of sp³-hybridized carbons (Fsp3) is 0.143. The number of hydrogen-bond donors (Lipinski definition) is 1. The molecule has 2 aromatic heterocycles. The molecule has 1 N–H and O–H groups in total. The molecule has 2 heterocycles. The zero-order valence-corrected chi connectivity index (χ0v) is 12.6. The molecule has 3 rings (SSSR count). The van der Waals surface area contributed by atoms with E-state index in [1.54, 1.807) is 0 Å². The average molecular weight is 344 g/mol. The molecule has 0 bridgehead atoms. The number of fused-ring (bicyclic) bond motifs is 1. The van der Waals surface area contributed by atoms with Crippen LogP contribution in [0.15, 0.2) is 41.7 Å². The molecule has 0 fully saturated rings. The summed E-state index contributed by atoms with van der Waals surface area (Å²) < 4.78 is 37.6. The molecule has 0 unspecified atom stereocenters. The number of halogens is 4. The molecule has 1 aromatic carbocycles. The molecule has 22 heavy (non-hydrogen) atoms. The van der Waals surface area contributed by atoms with E-state index in [1.165, 1.54) is 11.8 Å². The van der Waals surface area contributed by atoms with Gasteiger partial charge in [0, 0.05) is 11.9 Å². The number of aromatic amines is 1. The third kappa shape index (κ3) is 3.20. The predicted molar refractivity (Wildman–Crippen MR) is 79.9 cm³/mol. The maximum Gasteiger partial charge on any atom is 0.417 e. The van der Waals surface area contributed by atoms with Crippen molar-refractivity contribution in [3.63, 3.8) is 0 Å². The van der Waals surface area contributed by atoms with Gasteiger partial charge in [-0.2, -0.15) is 13.2 Å². The molecular formula is C14H9ClF3N3S. The van der Waals surface area contributed by atoms with Crippen LogP contribution in [-0.4, -0.2) is 15.0 Å². The molecule has 0 radical (unpaired) electrons. The molecule has 0 saturated carbocycles. The number of pyridine rings is 1. The average Bonchev–Trinajstić information content (AvgIpc) is 2.87. The zero-order chi connectivity index (χ0) is 15.7. The molecule has 0 spiro atoms. The number of benzene rings is 1. The monoisotopic (exact) mass is 343 g/mol. The smallest absolute Gasteiger partial charge is 0.333 e. The van der Waals surface area contributed by atoms with E-state index in [4.69, 9.17) is 11.6 Å². The highest BCUT2D eigenvalue weighted by molar-refractivity contribution is 7.98. The molecular weight excluding hydrogens is 335 g/mol. The van der Waals surface area contributed by atoms with Crippen molar-refractivity contribution in [1.82, 2.24) is 15.0 Å². The van der Waals surface area contributed by atoms with E-state index in [0.717, 1.165) is 23.3 Å². The van der Waals surface area contributed by atoms with Gasteiger partial charge in [-0.25, -0.2) is 4.98 Å². The van der Waals surface area contributed by atoms with Gasteiger partial charge in [0.15, 0.2) is 5.16 Å². The number of thioether (sulfide) groups is 1. The van der Waals surface area contributed by atoms with E-state index in [9.17, 15) is 13.2 Å². The molecule has 3 aromatic rings. The van der Waals surface area contributed by atoms with Gasteiger partial charge in [0.2, 0.25) is 0 Å². The Morgan fingerprint density at radius 2 is 2.00 bits per heavy atom. The number of nitrogens with one attached hydrogen (secondary N) is 1. The van der Waals surface area contributed by atoms with Crippen LogP contribution in [-0.2, 0) is 11.9 Å². The number of imidazole rings is 1. The summed E-state index contributed by atoms with van der Waals surface area (Å²) in [5.41, 5.74) is 1.27. The number of hydrogen-bond acceptors (Lipinski definition) is 3. The molecule has 0 saturated heterocycles. The molecule has 0 aliphatic carbocycles. The lowest BCUT2D eigenvalue weighted by Crippen LogP contribution is -2.06. The second-order valence-corrected chi connectivity index (χ2v) is 5.87. The van der Waals surface area contributed by atoms with E-state index in [1.807, 2.05) is 24.3 Å². The number of H-pyrrole nitrogens is 1. The first-order valence-corrected chi connectivity index (χ1v) is 7.59. The van der Waals surface area contributed by atoms with Crippen LogP contribution in [0, 0.1) is 0 Å². The minimum Gasteiger partial charge on any atom is -0.333 e. The first-order chi connectivity index (χ1) is 10.4. The lowest BCUT2D eigenvalue weighted by atomic mass is 10.2. The summed E-state index contributed by atoms with van der Waals surface area (Å²) in [7, 11) is 0. The maximum atomic E-state index is 12.5. The Hall–Kier alpha value is -1.73. The van der Waals surface area contributed by atoms with E-state index in [-0.39, 0.29) is 5.02 Å². The number of para-hydroxylation sites is 2. The normalized spacial score (nSPS) is 12.0. The largest absolute Gasteiger partial charge is 0.417 e. The van der Waals surface area contributed by atoms with Gasteiger partial charge in [0.05, 0.1) is 27.3 Å². The number of rotatable bonds is 3. The Balaban J connectivity index is 1.76. The van der Waals surface area contributed by atoms with Crippen LogP contribution in [0.1, 0.15) is 11.3 Å². The Bertz CT molecular complexity index is 783. The standard InChI is InChI=1S/C14H9ClF3N3S/c15-9-5-8(14(16,17)18)6-19-12(9)7-22-13-20-10-3-1-2-4-11(10)21-13/h1-6H,7H2,(H,20,21). The Morgan fingerprint density at radius 3 is 2.68 bits per heavy atom. The van der Waals surface area contributed by atoms with Gasteiger partial charge in [0.1, 0.15) is 0 Å².